The number of hydrogen-bond donors (Lipinski definition) is 1. The van der Waals surface area contributed by atoms with Gasteiger partial charge in [-0.3, -0.25) is 0 Å². The van der Waals surface area contributed by atoms with Crippen molar-refractivity contribution in [1.82, 2.24) is 0 Å². The predicted octanol–water partition coefficient (Wildman–Crippen LogP) is 4.94. The summed E-state index contributed by atoms with van der Waals surface area (Å²) >= 11 is 1.78. The van der Waals surface area contributed by atoms with Crippen LogP contribution < -0.4 is 0 Å². The number of aryl methyl sites for hydroxylation is 2. The lowest BCUT2D eigenvalue weighted by molar-refractivity contribution is 0.453. The first-order valence-corrected chi connectivity index (χ1v) is 7.62. The maximum absolute atomic E-state index is 10.2. The molecule has 0 spiro atoms. The van der Waals surface area contributed by atoms with Crippen molar-refractivity contribution in [2.75, 3.05) is 5.75 Å². The summed E-state index contributed by atoms with van der Waals surface area (Å²) in [6.45, 7) is 6.49. The van der Waals surface area contributed by atoms with E-state index >= 15 is 0 Å². The van der Waals surface area contributed by atoms with E-state index in [1.807, 2.05) is 0 Å². The summed E-state index contributed by atoms with van der Waals surface area (Å²) < 4.78 is 0. The molecule has 0 aliphatic heterocycles. The number of thioether (sulfide) groups is 1. The second kappa shape index (κ2) is 7.65. The Bertz CT molecular complexity index is 347. The lowest BCUT2D eigenvalue weighted by atomic mass is 10.0. The minimum atomic E-state index is 0.519. The molecule has 0 amide bonds. The van der Waals surface area contributed by atoms with E-state index in [1.54, 1.807) is 11.8 Å². The Morgan fingerprint density at radius 1 is 1.12 bits per heavy atom. The van der Waals surface area contributed by atoms with Crippen molar-refractivity contribution in [3.63, 3.8) is 0 Å². The lowest BCUT2D eigenvalue weighted by Gasteiger charge is -2.11. The van der Waals surface area contributed by atoms with E-state index in [-0.39, 0.29) is 0 Å². The second-order valence-electron chi connectivity index (χ2n) is 4.58. The molecule has 0 aliphatic rings. The first kappa shape index (κ1) is 14.4. The van der Waals surface area contributed by atoms with Gasteiger partial charge in [0, 0.05) is 4.90 Å². The van der Waals surface area contributed by atoms with E-state index < -0.39 is 0 Å². The van der Waals surface area contributed by atoms with Gasteiger partial charge < -0.3 is 5.11 Å². The zero-order valence-corrected chi connectivity index (χ0v) is 12.1. The molecule has 0 saturated heterocycles. The van der Waals surface area contributed by atoms with Gasteiger partial charge in [-0.1, -0.05) is 32.8 Å². The SMILES string of the molecule is CCCCSc1cc(C)cc(CCCC)c1O. The van der Waals surface area contributed by atoms with Gasteiger partial charge in [0.25, 0.3) is 0 Å². The molecule has 0 atom stereocenters. The molecule has 17 heavy (non-hydrogen) atoms. The lowest BCUT2D eigenvalue weighted by Crippen LogP contribution is -1.90. The van der Waals surface area contributed by atoms with E-state index in [9.17, 15) is 5.11 Å². The zero-order valence-electron chi connectivity index (χ0n) is 11.3. The fourth-order valence-electron chi connectivity index (χ4n) is 1.81. The molecule has 0 unspecified atom stereocenters. The summed E-state index contributed by atoms with van der Waals surface area (Å²) in [5, 5.41) is 10.2. The molecule has 0 aromatic heterocycles. The minimum absolute atomic E-state index is 0.519. The van der Waals surface area contributed by atoms with Crippen LogP contribution in [0.2, 0.25) is 0 Å². The standard InChI is InChI=1S/C15H24OS/c1-4-6-8-13-10-12(3)11-14(15(13)16)17-9-7-5-2/h10-11,16H,4-9H2,1-3H3. The van der Waals surface area contributed by atoms with Crippen LogP contribution >= 0.6 is 11.8 Å². The predicted molar refractivity (Wildman–Crippen MR) is 77.1 cm³/mol. The van der Waals surface area contributed by atoms with Crippen LogP contribution in [0.1, 0.15) is 50.7 Å². The van der Waals surface area contributed by atoms with Gasteiger partial charge in [0.2, 0.25) is 0 Å². The van der Waals surface area contributed by atoms with Crippen LogP contribution in [0.3, 0.4) is 0 Å². The van der Waals surface area contributed by atoms with Crippen LogP contribution in [0.4, 0.5) is 0 Å². The molecule has 0 aliphatic carbocycles. The van der Waals surface area contributed by atoms with E-state index in [1.165, 1.54) is 24.8 Å². The van der Waals surface area contributed by atoms with Gasteiger partial charge >= 0.3 is 0 Å². The Kier molecular flexibility index (Phi) is 6.49. The topological polar surface area (TPSA) is 20.2 Å². The number of phenolic OH excluding ortho intramolecular Hbond substituents is 1. The molecule has 0 radical (unpaired) electrons. The average molecular weight is 252 g/mol. The van der Waals surface area contributed by atoms with Crippen LogP contribution in [0.15, 0.2) is 17.0 Å². The highest BCUT2D eigenvalue weighted by Gasteiger charge is 2.08. The van der Waals surface area contributed by atoms with Crippen molar-refractivity contribution >= 4 is 11.8 Å². The van der Waals surface area contributed by atoms with Gasteiger partial charge in [0.15, 0.2) is 0 Å². The molecule has 1 nitrogen and oxygen atoms in total. The van der Waals surface area contributed by atoms with Gasteiger partial charge in [0.1, 0.15) is 5.75 Å². The maximum atomic E-state index is 10.2. The molecule has 96 valence electrons. The molecular formula is C15H24OS. The third-order valence-corrected chi connectivity index (χ3v) is 3.97. The van der Waals surface area contributed by atoms with Crippen molar-refractivity contribution in [3.8, 4) is 5.75 Å². The van der Waals surface area contributed by atoms with Crippen LogP contribution in [0.5, 0.6) is 5.75 Å². The highest BCUT2D eigenvalue weighted by Crippen LogP contribution is 2.34. The van der Waals surface area contributed by atoms with Crippen LogP contribution in [0, 0.1) is 6.92 Å². The molecule has 0 fully saturated rings. The van der Waals surface area contributed by atoms with Crippen LogP contribution in [-0.4, -0.2) is 10.9 Å². The van der Waals surface area contributed by atoms with Crippen molar-refractivity contribution in [2.24, 2.45) is 0 Å². The molecule has 1 aromatic rings. The fraction of sp³-hybridized carbons (Fsp3) is 0.600. The Morgan fingerprint density at radius 2 is 1.82 bits per heavy atom. The Labute approximate surface area is 110 Å². The van der Waals surface area contributed by atoms with E-state index in [4.69, 9.17) is 0 Å². The summed E-state index contributed by atoms with van der Waals surface area (Å²) in [6.07, 6.45) is 5.73. The third-order valence-electron chi connectivity index (χ3n) is 2.85. The van der Waals surface area contributed by atoms with Gasteiger partial charge in [0.05, 0.1) is 0 Å². The van der Waals surface area contributed by atoms with Gasteiger partial charge in [-0.15, -0.1) is 11.8 Å². The quantitative estimate of drug-likeness (QED) is 0.548. The number of rotatable bonds is 7. The summed E-state index contributed by atoms with van der Waals surface area (Å²) in [7, 11) is 0. The zero-order chi connectivity index (χ0) is 12.7. The first-order valence-electron chi connectivity index (χ1n) is 6.64. The number of phenols is 1. The van der Waals surface area contributed by atoms with Crippen molar-refractivity contribution in [2.45, 2.75) is 57.8 Å². The second-order valence-corrected chi connectivity index (χ2v) is 5.71. The smallest absolute Gasteiger partial charge is 0.132 e. The molecule has 2 heteroatoms. The molecule has 1 N–H and O–H groups in total. The Hall–Kier alpha value is -0.630. The van der Waals surface area contributed by atoms with Gasteiger partial charge in [-0.25, -0.2) is 0 Å². The van der Waals surface area contributed by atoms with E-state index in [0.717, 1.165) is 29.1 Å². The van der Waals surface area contributed by atoms with Crippen LogP contribution in [-0.2, 0) is 6.42 Å². The molecule has 1 rings (SSSR count). The third kappa shape index (κ3) is 4.63. The van der Waals surface area contributed by atoms with Crippen molar-refractivity contribution in [3.05, 3.63) is 23.3 Å². The van der Waals surface area contributed by atoms with E-state index in [0.29, 0.717) is 5.75 Å². The molecule has 0 heterocycles. The Morgan fingerprint density at radius 3 is 2.47 bits per heavy atom. The molecule has 1 aromatic carbocycles. The molecule has 0 saturated carbocycles. The molecule has 0 bridgehead atoms. The number of aromatic hydroxyl groups is 1. The summed E-state index contributed by atoms with van der Waals surface area (Å²) in [5.74, 6) is 1.62. The van der Waals surface area contributed by atoms with Crippen LogP contribution in [0.25, 0.3) is 0 Å². The first-order chi connectivity index (χ1) is 8.19. The normalized spacial score (nSPS) is 10.8. The summed E-state index contributed by atoms with van der Waals surface area (Å²) in [5.41, 5.74) is 2.37. The number of unbranched alkanes of at least 4 members (excludes halogenated alkanes) is 2. The Balaban J connectivity index is 2.77. The van der Waals surface area contributed by atoms with Crippen molar-refractivity contribution in [1.29, 1.82) is 0 Å². The largest absolute Gasteiger partial charge is 0.506 e. The average Bonchev–Trinajstić information content (AvgIpc) is 2.31. The summed E-state index contributed by atoms with van der Waals surface area (Å²) in [6, 6.07) is 4.22. The number of hydrogen-bond acceptors (Lipinski definition) is 2. The van der Waals surface area contributed by atoms with E-state index in [2.05, 4.69) is 32.9 Å². The van der Waals surface area contributed by atoms with Gasteiger partial charge in [-0.2, -0.15) is 0 Å². The fourth-order valence-corrected chi connectivity index (χ4v) is 3.00. The van der Waals surface area contributed by atoms with Crippen molar-refractivity contribution < 1.29 is 5.11 Å². The molecular weight excluding hydrogens is 228 g/mol. The monoisotopic (exact) mass is 252 g/mol. The minimum Gasteiger partial charge on any atom is -0.506 e. The summed E-state index contributed by atoms with van der Waals surface area (Å²) in [4.78, 5) is 1.06. The highest BCUT2D eigenvalue weighted by atomic mass is 32.2. The van der Waals surface area contributed by atoms with Gasteiger partial charge in [-0.05, 0) is 49.1 Å². The number of benzene rings is 1. The maximum Gasteiger partial charge on any atom is 0.132 e. The highest BCUT2D eigenvalue weighted by molar-refractivity contribution is 7.99.